The number of benzene rings is 1. The molecule has 2 rings (SSSR count). The summed E-state index contributed by atoms with van der Waals surface area (Å²) in [6.07, 6.45) is 1.35. The minimum Gasteiger partial charge on any atom is -0.303 e. The molecule has 15 heavy (non-hydrogen) atoms. The van der Waals surface area contributed by atoms with E-state index in [0.717, 1.165) is 22.9 Å². The largest absolute Gasteiger partial charge is 0.303 e. The average molecular weight is 203 g/mol. The van der Waals surface area contributed by atoms with E-state index in [-0.39, 0.29) is 6.04 Å². The molecule has 0 fully saturated rings. The van der Waals surface area contributed by atoms with Crippen molar-refractivity contribution in [3.05, 3.63) is 23.8 Å². The molecule has 4 heteroatoms. The Morgan fingerprint density at radius 1 is 1.47 bits per heavy atom. The molecular formula is C11H13N3O. The van der Waals surface area contributed by atoms with E-state index in [0.29, 0.717) is 6.42 Å². The molecule has 0 unspecified atom stereocenters. The average Bonchev–Trinajstić information content (AvgIpc) is 2.61. The second-order valence-electron chi connectivity index (χ2n) is 3.82. The molecule has 0 spiro atoms. The number of fused-ring (bicyclic) bond motifs is 1. The lowest BCUT2D eigenvalue weighted by Crippen LogP contribution is -2.02. The van der Waals surface area contributed by atoms with E-state index in [4.69, 9.17) is 0 Å². The van der Waals surface area contributed by atoms with Crippen LogP contribution in [0.4, 0.5) is 0 Å². The third kappa shape index (κ3) is 1.75. The van der Waals surface area contributed by atoms with Crippen LogP contribution >= 0.6 is 0 Å². The summed E-state index contributed by atoms with van der Waals surface area (Å²) in [5.41, 5.74) is 2.87. The SMILES string of the molecule is CC(C)n1nnc2ccc(CC=O)cc21. The Hall–Kier alpha value is -1.71. The van der Waals surface area contributed by atoms with Gasteiger partial charge in [0.1, 0.15) is 11.8 Å². The predicted molar refractivity (Wildman–Crippen MR) is 57.7 cm³/mol. The normalized spacial score (nSPS) is 11.1. The lowest BCUT2D eigenvalue weighted by atomic mass is 10.1. The second-order valence-corrected chi connectivity index (χ2v) is 3.82. The Morgan fingerprint density at radius 3 is 2.93 bits per heavy atom. The molecular weight excluding hydrogens is 190 g/mol. The minimum absolute atomic E-state index is 0.279. The van der Waals surface area contributed by atoms with E-state index in [1.54, 1.807) is 0 Å². The van der Waals surface area contributed by atoms with E-state index in [2.05, 4.69) is 24.2 Å². The van der Waals surface area contributed by atoms with Crippen LogP contribution < -0.4 is 0 Å². The number of nitrogens with zero attached hydrogens (tertiary/aromatic N) is 3. The second kappa shape index (κ2) is 3.81. The third-order valence-corrected chi connectivity index (χ3v) is 2.34. The Bertz CT molecular complexity index is 488. The van der Waals surface area contributed by atoms with Gasteiger partial charge in [-0.1, -0.05) is 11.3 Å². The quantitative estimate of drug-likeness (QED) is 0.714. The molecule has 1 aromatic carbocycles. The highest BCUT2D eigenvalue weighted by Gasteiger charge is 2.07. The van der Waals surface area contributed by atoms with Gasteiger partial charge in [0.05, 0.1) is 5.52 Å². The molecule has 0 saturated carbocycles. The number of carbonyl (C=O) groups is 1. The zero-order chi connectivity index (χ0) is 10.8. The van der Waals surface area contributed by atoms with Gasteiger partial charge >= 0.3 is 0 Å². The van der Waals surface area contributed by atoms with Gasteiger partial charge in [-0.05, 0) is 31.5 Å². The predicted octanol–water partition coefficient (Wildman–Crippen LogP) is 1.75. The summed E-state index contributed by atoms with van der Waals surface area (Å²) < 4.78 is 1.86. The van der Waals surface area contributed by atoms with Crippen molar-refractivity contribution >= 4 is 17.3 Å². The van der Waals surface area contributed by atoms with E-state index < -0.39 is 0 Å². The van der Waals surface area contributed by atoms with Crippen LogP contribution in [0.15, 0.2) is 18.2 Å². The van der Waals surface area contributed by atoms with Gasteiger partial charge in [0.2, 0.25) is 0 Å². The van der Waals surface area contributed by atoms with Gasteiger partial charge in [0.25, 0.3) is 0 Å². The zero-order valence-corrected chi connectivity index (χ0v) is 8.84. The summed E-state index contributed by atoms with van der Waals surface area (Å²) in [4.78, 5) is 10.4. The molecule has 0 saturated heterocycles. The Morgan fingerprint density at radius 2 is 2.27 bits per heavy atom. The van der Waals surface area contributed by atoms with Crippen LogP contribution in [0.5, 0.6) is 0 Å². The molecule has 0 radical (unpaired) electrons. The van der Waals surface area contributed by atoms with Crippen molar-refractivity contribution in [2.75, 3.05) is 0 Å². The van der Waals surface area contributed by atoms with Crippen LogP contribution in [0.2, 0.25) is 0 Å². The molecule has 0 aliphatic rings. The van der Waals surface area contributed by atoms with E-state index in [1.807, 2.05) is 22.9 Å². The van der Waals surface area contributed by atoms with Crippen LogP contribution in [-0.4, -0.2) is 21.3 Å². The molecule has 4 nitrogen and oxygen atoms in total. The van der Waals surface area contributed by atoms with Crippen molar-refractivity contribution in [3.8, 4) is 0 Å². The van der Waals surface area contributed by atoms with Gasteiger partial charge in [-0.2, -0.15) is 0 Å². The molecule has 0 aliphatic carbocycles. The molecule has 0 N–H and O–H groups in total. The van der Waals surface area contributed by atoms with E-state index in [1.165, 1.54) is 0 Å². The van der Waals surface area contributed by atoms with Crippen LogP contribution in [0.25, 0.3) is 11.0 Å². The number of aldehydes is 1. The first-order chi connectivity index (χ1) is 7.22. The van der Waals surface area contributed by atoms with Gasteiger partial charge in [0.15, 0.2) is 0 Å². The fraction of sp³-hybridized carbons (Fsp3) is 0.364. The lowest BCUT2D eigenvalue weighted by molar-refractivity contribution is -0.107. The summed E-state index contributed by atoms with van der Waals surface area (Å²) >= 11 is 0. The topological polar surface area (TPSA) is 47.8 Å². The first kappa shape index (κ1) is 9.83. The van der Waals surface area contributed by atoms with Crippen LogP contribution in [-0.2, 0) is 11.2 Å². The number of aromatic nitrogens is 3. The molecule has 0 amide bonds. The van der Waals surface area contributed by atoms with Gasteiger partial charge in [-0.25, -0.2) is 4.68 Å². The highest BCUT2D eigenvalue weighted by atomic mass is 16.1. The summed E-state index contributed by atoms with van der Waals surface area (Å²) in [7, 11) is 0. The number of hydrogen-bond donors (Lipinski definition) is 0. The maximum atomic E-state index is 10.4. The first-order valence-corrected chi connectivity index (χ1v) is 5.00. The minimum atomic E-state index is 0.279. The lowest BCUT2D eigenvalue weighted by Gasteiger charge is -2.05. The van der Waals surface area contributed by atoms with Crippen molar-refractivity contribution in [2.24, 2.45) is 0 Å². The standard InChI is InChI=1S/C11H13N3O/c1-8(2)14-11-7-9(5-6-15)3-4-10(11)12-13-14/h3-4,6-8H,5H2,1-2H3. The van der Waals surface area contributed by atoms with E-state index >= 15 is 0 Å². The molecule has 1 heterocycles. The van der Waals surface area contributed by atoms with Crippen LogP contribution in [0.1, 0.15) is 25.5 Å². The third-order valence-electron chi connectivity index (χ3n) is 2.34. The van der Waals surface area contributed by atoms with Crippen molar-refractivity contribution in [3.63, 3.8) is 0 Å². The van der Waals surface area contributed by atoms with Crippen molar-refractivity contribution in [1.29, 1.82) is 0 Å². The Kier molecular flexibility index (Phi) is 2.49. The van der Waals surface area contributed by atoms with Gasteiger partial charge in [-0.15, -0.1) is 5.10 Å². The van der Waals surface area contributed by atoms with Crippen molar-refractivity contribution in [1.82, 2.24) is 15.0 Å². The maximum Gasteiger partial charge on any atom is 0.124 e. The molecule has 1 aromatic heterocycles. The maximum absolute atomic E-state index is 10.4. The smallest absolute Gasteiger partial charge is 0.124 e. The van der Waals surface area contributed by atoms with Gasteiger partial charge < -0.3 is 4.79 Å². The summed E-state index contributed by atoms with van der Waals surface area (Å²) in [6, 6.07) is 6.07. The van der Waals surface area contributed by atoms with Crippen LogP contribution in [0.3, 0.4) is 0 Å². The Balaban J connectivity index is 2.56. The molecule has 0 bridgehead atoms. The zero-order valence-electron chi connectivity index (χ0n) is 8.84. The first-order valence-electron chi connectivity index (χ1n) is 5.00. The van der Waals surface area contributed by atoms with E-state index in [9.17, 15) is 4.79 Å². The number of rotatable bonds is 3. The molecule has 2 aromatic rings. The monoisotopic (exact) mass is 203 g/mol. The van der Waals surface area contributed by atoms with Crippen LogP contribution in [0, 0.1) is 0 Å². The van der Waals surface area contributed by atoms with Crippen molar-refractivity contribution in [2.45, 2.75) is 26.3 Å². The highest BCUT2D eigenvalue weighted by molar-refractivity contribution is 5.76. The number of carbonyl (C=O) groups excluding carboxylic acids is 1. The Labute approximate surface area is 87.9 Å². The molecule has 0 atom stereocenters. The van der Waals surface area contributed by atoms with Gasteiger partial charge in [-0.3, -0.25) is 0 Å². The summed E-state index contributed by atoms with van der Waals surface area (Å²) in [5.74, 6) is 0. The fourth-order valence-electron chi connectivity index (χ4n) is 1.59. The molecule has 0 aliphatic heterocycles. The fourth-order valence-corrected chi connectivity index (χ4v) is 1.59. The molecule has 78 valence electrons. The van der Waals surface area contributed by atoms with Gasteiger partial charge in [0, 0.05) is 12.5 Å². The summed E-state index contributed by atoms with van der Waals surface area (Å²) in [6.45, 7) is 4.11. The summed E-state index contributed by atoms with van der Waals surface area (Å²) in [5, 5.41) is 8.14. The number of hydrogen-bond acceptors (Lipinski definition) is 3. The highest BCUT2D eigenvalue weighted by Crippen LogP contribution is 2.17. The van der Waals surface area contributed by atoms with Crippen molar-refractivity contribution < 1.29 is 4.79 Å².